The SMILES string of the molecule is Cc1c(CNC(=O)C(c2ccncc2)C2CCCC2)cnn1C. The van der Waals surface area contributed by atoms with E-state index in [1.807, 2.05) is 37.0 Å². The molecule has 1 aliphatic rings. The number of aromatic nitrogens is 3. The van der Waals surface area contributed by atoms with Crippen LogP contribution >= 0.6 is 0 Å². The molecule has 1 unspecified atom stereocenters. The zero-order valence-electron chi connectivity index (χ0n) is 13.8. The first-order chi connectivity index (χ1) is 11.2. The number of hydrogen-bond donors (Lipinski definition) is 1. The summed E-state index contributed by atoms with van der Waals surface area (Å²) >= 11 is 0. The van der Waals surface area contributed by atoms with Gasteiger partial charge in [-0.3, -0.25) is 14.5 Å². The number of pyridine rings is 1. The van der Waals surface area contributed by atoms with Crippen LogP contribution in [0.2, 0.25) is 0 Å². The van der Waals surface area contributed by atoms with Gasteiger partial charge in [0.1, 0.15) is 0 Å². The second kappa shape index (κ2) is 6.94. The first kappa shape index (κ1) is 15.7. The Labute approximate surface area is 137 Å². The molecule has 0 spiro atoms. The third-order valence-corrected chi connectivity index (χ3v) is 5.01. The van der Waals surface area contributed by atoms with E-state index in [0.29, 0.717) is 12.5 Å². The van der Waals surface area contributed by atoms with E-state index in [1.54, 1.807) is 12.4 Å². The zero-order valence-corrected chi connectivity index (χ0v) is 13.8. The molecule has 2 aromatic rings. The summed E-state index contributed by atoms with van der Waals surface area (Å²) in [7, 11) is 1.92. The number of hydrogen-bond acceptors (Lipinski definition) is 3. The van der Waals surface area contributed by atoms with Crippen LogP contribution in [-0.2, 0) is 18.4 Å². The number of nitrogens with zero attached hydrogens (tertiary/aromatic N) is 3. The Morgan fingerprint density at radius 2 is 2.04 bits per heavy atom. The highest BCUT2D eigenvalue weighted by Gasteiger charge is 2.31. The fourth-order valence-corrected chi connectivity index (χ4v) is 3.51. The third kappa shape index (κ3) is 3.44. The van der Waals surface area contributed by atoms with Crippen LogP contribution < -0.4 is 5.32 Å². The highest BCUT2D eigenvalue weighted by Crippen LogP contribution is 2.37. The van der Waals surface area contributed by atoms with Crippen molar-refractivity contribution in [3.8, 4) is 0 Å². The summed E-state index contributed by atoms with van der Waals surface area (Å²) in [5.74, 6) is 0.483. The van der Waals surface area contributed by atoms with Gasteiger partial charge in [-0.25, -0.2) is 0 Å². The number of rotatable bonds is 5. The Kier molecular flexibility index (Phi) is 4.74. The van der Waals surface area contributed by atoms with Gasteiger partial charge >= 0.3 is 0 Å². The average Bonchev–Trinajstić information content (AvgIpc) is 3.19. The molecule has 1 atom stereocenters. The van der Waals surface area contributed by atoms with Crippen molar-refractivity contribution in [2.24, 2.45) is 13.0 Å². The lowest BCUT2D eigenvalue weighted by molar-refractivity contribution is -0.123. The molecular formula is C18H24N4O. The largest absolute Gasteiger partial charge is 0.351 e. The van der Waals surface area contributed by atoms with Crippen LogP contribution in [0.15, 0.2) is 30.7 Å². The Morgan fingerprint density at radius 1 is 1.35 bits per heavy atom. The predicted octanol–water partition coefficient (Wildman–Crippen LogP) is 2.71. The van der Waals surface area contributed by atoms with E-state index >= 15 is 0 Å². The van der Waals surface area contributed by atoms with Gasteiger partial charge in [0, 0.05) is 37.2 Å². The standard InChI is InChI=1S/C18H24N4O/c1-13-16(12-21-22(13)2)11-20-18(23)17(14-5-3-4-6-14)15-7-9-19-10-8-15/h7-10,12,14,17H,3-6,11H2,1-2H3,(H,20,23). The van der Waals surface area contributed by atoms with Gasteiger partial charge in [-0.05, 0) is 43.4 Å². The summed E-state index contributed by atoms with van der Waals surface area (Å²) < 4.78 is 1.83. The lowest BCUT2D eigenvalue weighted by Crippen LogP contribution is -2.32. The first-order valence-electron chi connectivity index (χ1n) is 8.32. The smallest absolute Gasteiger partial charge is 0.228 e. The molecule has 122 valence electrons. The average molecular weight is 312 g/mol. The minimum absolute atomic E-state index is 0.0718. The minimum Gasteiger partial charge on any atom is -0.351 e. The van der Waals surface area contributed by atoms with Crippen molar-refractivity contribution >= 4 is 5.91 Å². The third-order valence-electron chi connectivity index (χ3n) is 5.01. The summed E-state index contributed by atoms with van der Waals surface area (Å²) in [5.41, 5.74) is 3.24. The van der Waals surface area contributed by atoms with E-state index in [1.165, 1.54) is 12.8 Å². The highest BCUT2D eigenvalue weighted by atomic mass is 16.1. The van der Waals surface area contributed by atoms with Crippen LogP contribution in [0.4, 0.5) is 0 Å². The zero-order chi connectivity index (χ0) is 16.2. The van der Waals surface area contributed by atoms with Crippen LogP contribution in [0.3, 0.4) is 0 Å². The van der Waals surface area contributed by atoms with Crippen molar-refractivity contribution in [1.29, 1.82) is 0 Å². The fraction of sp³-hybridized carbons (Fsp3) is 0.500. The van der Waals surface area contributed by atoms with Crippen LogP contribution in [0, 0.1) is 12.8 Å². The van der Waals surface area contributed by atoms with Crippen LogP contribution in [-0.4, -0.2) is 20.7 Å². The molecular weight excluding hydrogens is 288 g/mol. The van der Waals surface area contributed by atoms with E-state index in [4.69, 9.17) is 0 Å². The lowest BCUT2D eigenvalue weighted by Gasteiger charge is -2.23. The van der Waals surface area contributed by atoms with Crippen LogP contribution in [0.25, 0.3) is 0 Å². The van der Waals surface area contributed by atoms with Crippen molar-refractivity contribution in [1.82, 2.24) is 20.1 Å². The molecule has 5 nitrogen and oxygen atoms in total. The topological polar surface area (TPSA) is 59.8 Å². The maximum atomic E-state index is 12.9. The molecule has 2 aromatic heterocycles. The molecule has 2 heterocycles. The van der Waals surface area contributed by atoms with Gasteiger partial charge in [-0.1, -0.05) is 12.8 Å². The Morgan fingerprint density at radius 3 is 2.65 bits per heavy atom. The molecule has 1 N–H and O–H groups in total. The van der Waals surface area contributed by atoms with Gasteiger partial charge < -0.3 is 5.32 Å². The van der Waals surface area contributed by atoms with Gasteiger partial charge in [0.25, 0.3) is 0 Å². The number of nitrogens with one attached hydrogen (secondary N) is 1. The van der Waals surface area contributed by atoms with Gasteiger partial charge in [-0.15, -0.1) is 0 Å². The molecule has 23 heavy (non-hydrogen) atoms. The van der Waals surface area contributed by atoms with Crippen molar-refractivity contribution < 1.29 is 4.79 Å². The first-order valence-corrected chi connectivity index (χ1v) is 8.32. The van der Waals surface area contributed by atoms with Gasteiger partial charge in [-0.2, -0.15) is 5.10 Å². The molecule has 1 saturated carbocycles. The Hall–Kier alpha value is -2.17. The van der Waals surface area contributed by atoms with Crippen molar-refractivity contribution in [3.63, 3.8) is 0 Å². The highest BCUT2D eigenvalue weighted by molar-refractivity contribution is 5.84. The van der Waals surface area contributed by atoms with Crippen molar-refractivity contribution in [3.05, 3.63) is 47.5 Å². The van der Waals surface area contributed by atoms with Gasteiger partial charge in [0.15, 0.2) is 0 Å². The molecule has 1 aliphatic carbocycles. The van der Waals surface area contributed by atoms with E-state index < -0.39 is 0 Å². The van der Waals surface area contributed by atoms with E-state index in [0.717, 1.165) is 29.7 Å². The second-order valence-electron chi connectivity index (χ2n) is 6.40. The summed E-state index contributed by atoms with van der Waals surface area (Å²) in [5, 5.41) is 7.35. The molecule has 0 aliphatic heterocycles. The molecule has 0 saturated heterocycles. The molecule has 1 fully saturated rings. The number of amides is 1. The summed E-state index contributed by atoms with van der Waals surface area (Å²) in [4.78, 5) is 16.9. The minimum atomic E-state index is -0.0718. The molecule has 3 rings (SSSR count). The molecule has 0 radical (unpaired) electrons. The molecule has 0 bridgehead atoms. The molecule has 5 heteroatoms. The predicted molar refractivity (Wildman–Crippen MR) is 88.7 cm³/mol. The van der Waals surface area contributed by atoms with E-state index in [-0.39, 0.29) is 11.8 Å². The van der Waals surface area contributed by atoms with Crippen molar-refractivity contribution in [2.45, 2.75) is 45.1 Å². The van der Waals surface area contributed by atoms with Gasteiger partial charge in [0.05, 0.1) is 12.1 Å². The maximum absolute atomic E-state index is 12.9. The Balaban J connectivity index is 1.74. The maximum Gasteiger partial charge on any atom is 0.228 e. The second-order valence-corrected chi connectivity index (χ2v) is 6.40. The van der Waals surface area contributed by atoms with Crippen molar-refractivity contribution in [2.75, 3.05) is 0 Å². The van der Waals surface area contributed by atoms with Gasteiger partial charge in [0.2, 0.25) is 5.91 Å². The summed E-state index contributed by atoms with van der Waals surface area (Å²) in [6.45, 7) is 2.55. The van der Waals surface area contributed by atoms with Crippen LogP contribution in [0.1, 0.15) is 48.4 Å². The van der Waals surface area contributed by atoms with Crippen LogP contribution in [0.5, 0.6) is 0 Å². The quantitative estimate of drug-likeness (QED) is 0.923. The monoisotopic (exact) mass is 312 g/mol. The summed E-state index contributed by atoms with van der Waals surface area (Å²) in [6, 6.07) is 3.94. The Bertz CT molecular complexity index is 659. The number of carbonyl (C=O) groups excluding carboxylic acids is 1. The van der Waals surface area contributed by atoms with E-state index in [9.17, 15) is 4.79 Å². The normalized spacial score (nSPS) is 16.4. The lowest BCUT2D eigenvalue weighted by atomic mass is 9.84. The number of aryl methyl sites for hydroxylation is 1. The molecule has 1 amide bonds. The molecule has 0 aromatic carbocycles. The van der Waals surface area contributed by atoms with E-state index in [2.05, 4.69) is 15.4 Å². The fourth-order valence-electron chi connectivity index (χ4n) is 3.51. The number of carbonyl (C=O) groups is 1. The summed E-state index contributed by atoms with van der Waals surface area (Å²) in [6.07, 6.45) is 10.1.